The van der Waals surface area contributed by atoms with Crippen molar-refractivity contribution in [3.05, 3.63) is 60.1 Å². The Bertz CT molecular complexity index is 1730. The maximum atomic E-state index is 15.0. The maximum Gasteiger partial charge on any atom is 0.412 e. The van der Waals surface area contributed by atoms with Crippen molar-refractivity contribution in [2.45, 2.75) is 33.0 Å². The number of aldehydes is 1. The molecule has 0 bridgehead atoms. The van der Waals surface area contributed by atoms with Gasteiger partial charge in [-0.1, -0.05) is 0 Å². The molecule has 0 unspecified atom stereocenters. The minimum absolute atomic E-state index is 0.00235. The van der Waals surface area contributed by atoms with Crippen molar-refractivity contribution in [2.24, 2.45) is 0 Å². The van der Waals surface area contributed by atoms with E-state index in [1.807, 2.05) is 19.1 Å². The number of carbonyl (C=O) groups excluding carboxylic acids is 2. The predicted molar refractivity (Wildman–Crippen MR) is 146 cm³/mol. The van der Waals surface area contributed by atoms with Gasteiger partial charge in [0.1, 0.15) is 17.2 Å². The van der Waals surface area contributed by atoms with Crippen molar-refractivity contribution >= 4 is 50.7 Å². The van der Waals surface area contributed by atoms with Gasteiger partial charge in [-0.25, -0.2) is 34.1 Å². The van der Waals surface area contributed by atoms with Gasteiger partial charge in [0.25, 0.3) is 0 Å². The SMILES string of the molecule is COc1cnc2c(-c3nc4cc(F)c(O[C@@H](C)[C@@H](C)OC(=O)Nc5cnc(C=O)nc5)cc4s3)cc(C)cc2n1. The van der Waals surface area contributed by atoms with Gasteiger partial charge >= 0.3 is 6.09 Å². The van der Waals surface area contributed by atoms with Crippen LogP contribution in [-0.2, 0) is 4.74 Å². The summed E-state index contributed by atoms with van der Waals surface area (Å²) in [6.07, 6.45) is 2.38. The van der Waals surface area contributed by atoms with Crippen LogP contribution in [0.15, 0.2) is 42.9 Å². The number of amides is 1. The molecule has 11 nitrogen and oxygen atoms in total. The average Bonchev–Trinajstić information content (AvgIpc) is 3.35. The number of thiazole rings is 1. The lowest BCUT2D eigenvalue weighted by Gasteiger charge is -2.22. The molecule has 1 N–H and O–H groups in total. The highest BCUT2D eigenvalue weighted by Crippen LogP contribution is 2.37. The Kier molecular flexibility index (Phi) is 7.47. The van der Waals surface area contributed by atoms with Crippen LogP contribution >= 0.6 is 11.3 Å². The minimum Gasteiger partial charge on any atom is -0.484 e. The zero-order valence-corrected chi connectivity index (χ0v) is 22.7. The van der Waals surface area contributed by atoms with Crippen molar-refractivity contribution in [1.82, 2.24) is 24.9 Å². The van der Waals surface area contributed by atoms with E-state index in [1.165, 1.54) is 36.9 Å². The molecule has 0 aliphatic carbocycles. The van der Waals surface area contributed by atoms with E-state index in [0.717, 1.165) is 11.1 Å². The molecular weight excluding hydrogens is 539 g/mol. The Balaban J connectivity index is 1.33. The number of aromatic nitrogens is 5. The molecule has 0 radical (unpaired) electrons. The second kappa shape index (κ2) is 11.1. The quantitative estimate of drug-likeness (QED) is 0.246. The van der Waals surface area contributed by atoms with E-state index in [9.17, 15) is 9.59 Å². The maximum absolute atomic E-state index is 15.0. The number of hydrogen-bond acceptors (Lipinski definition) is 11. The van der Waals surface area contributed by atoms with E-state index in [-0.39, 0.29) is 17.3 Å². The number of carbonyl (C=O) groups is 2. The van der Waals surface area contributed by atoms with E-state index >= 15 is 4.39 Å². The van der Waals surface area contributed by atoms with Gasteiger partial charge in [-0.2, -0.15) is 0 Å². The smallest absolute Gasteiger partial charge is 0.412 e. The van der Waals surface area contributed by atoms with E-state index in [1.54, 1.807) is 26.1 Å². The lowest BCUT2D eigenvalue weighted by molar-refractivity contribution is 0.0402. The molecule has 40 heavy (non-hydrogen) atoms. The summed E-state index contributed by atoms with van der Waals surface area (Å²) in [7, 11) is 1.53. The van der Waals surface area contributed by atoms with Crippen molar-refractivity contribution in [2.75, 3.05) is 12.4 Å². The van der Waals surface area contributed by atoms with Gasteiger partial charge in [-0.3, -0.25) is 10.1 Å². The van der Waals surface area contributed by atoms with Crippen LogP contribution in [-0.4, -0.2) is 56.6 Å². The van der Waals surface area contributed by atoms with Gasteiger partial charge in [0, 0.05) is 17.7 Å². The van der Waals surface area contributed by atoms with Gasteiger partial charge in [-0.05, 0) is 38.5 Å². The molecule has 0 saturated carbocycles. The van der Waals surface area contributed by atoms with Gasteiger partial charge in [-0.15, -0.1) is 11.3 Å². The predicted octanol–water partition coefficient (Wildman–Crippen LogP) is 5.37. The molecule has 3 aromatic heterocycles. The zero-order valence-electron chi connectivity index (χ0n) is 21.8. The van der Waals surface area contributed by atoms with Crippen LogP contribution in [0.5, 0.6) is 11.6 Å². The molecule has 3 heterocycles. The van der Waals surface area contributed by atoms with E-state index in [0.29, 0.717) is 38.4 Å². The summed E-state index contributed by atoms with van der Waals surface area (Å²) in [5, 5.41) is 3.12. The summed E-state index contributed by atoms with van der Waals surface area (Å²) in [6, 6.07) is 6.76. The van der Waals surface area contributed by atoms with Crippen molar-refractivity contribution < 1.29 is 28.2 Å². The van der Waals surface area contributed by atoms with E-state index in [2.05, 4.69) is 30.2 Å². The highest BCUT2D eigenvalue weighted by Gasteiger charge is 2.22. The molecule has 1 amide bonds. The molecule has 0 fully saturated rings. The highest BCUT2D eigenvalue weighted by atomic mass is 32.1. The number of halogens is 1. The molecule has 13 heteroatoms. The van der Waals surface area contributed by atoms with Gasteiger partial charge in [0.15, 0.2) is 23.7 Å². The Labute approximate surface area is 231 Å². The first-order valence-corrected chi connectivity index (χ1v) is 12.9. The van der Waals surface area contributed by atoms with Crippen LogP contribution in [0.25, 0.3) is 31.8 Å². The number of fused-ring (bicyclic) bond motifs is 2. The molecule has 0 saturated heterocycles. The number of nitrogens with one attached hydrogen (secondary N) is 1. The van der Waals surface area contributed by atoms with E-state index < -0.39 is 24.1 Å². The van der Waals surface area contributed by atoms with Gasteiger partial charge < -0.3 is 14.2 Å². The fourth-order valence-corrected chi connectivity index (χ4v) is 4.81. The summed E-state index contributed by atoms with van der Waals surface area (Å²) >= 11 is 1.37. The number of ether oxygens (including phenoxy) is 3. The lowest BCUT2D eigenvalue weighted by Crippen LogP contribution is -2.32. The first-order chi connectivity index (χ1) is 19.2. The number of aryl methyl sites for hydroxylation is 1. The molecule has 204 valence electrons. The third-order valence-electron chi connectivity index (χ3n) is 5.94. The van der Waals surface area contributed by atoms with Crippen LogP contribution in [0.1, 0.15) is 30.0 Å². The molecule has 5 aromatic rings. The third kappa shape index (κ3) is 5.64. The monoisotopic (exact) mass is 562 g/mol. The lowest BCUT2D eigenvalue weighted by atomic mass is 10.1. The number of anilines is 1. The first kappa shape index (κ1) is 26.8. The number of benzene rings is 2. The first-order valence-electron chi connectivity index (χ1n) is 12.1. The van der Waals surface area contributed by atoms with Crippen LogP contribution in [0.4, 0.5) is 14.9 Å². The number of methoxy groups -OCH3 is 1. The Morgan fingerprint density at radius 3 is 2.52 bits per heavy atom. The van der Waals surface area contributed by atoms with Crippen molar-refractivity contribution in [3.8, 4) is 22.2 Å². The summed E-state index contributed by atoms with van der Waals surface area (Å²) < 4.78 is 32.1. The van der Waals surface area contributed by atoms with E-state index in [4.69, 9.17) is 14.2 Å². The van der Waals surface area contributed by atoms with Gasteiger partial charge in [0.05, 0.1) is 52.6 Å². The fraction of sp³-hybridized carbons (Fsp3) is 0.222. The average molecular weight is 563 g/mol. The van der Waals surface area contributed by atoms with Crippen LogP contribution in [0.2, 0.25) is 0 Å². The largest absolute Gasteiger partial charge is 0.484 e. The number of rotatable bonds is 8. The Morgan fingerprint density at radius 1 is 1.02 bits per heavy atom. The highest BCUT2D eigenvalue weighted by molar-refractivity contribution is 7.21. The molecule has 2 atom stereocenters. The number of nitrogens with zero attached hydrogens (tertiary/aromatic N) is 5. The van der Waals surface area contributed by atoms with Crippen molar-refractivity contribution in [3.63, 3.8) is 0 Å². The molecule has 0 aliphatic rings. The van der Waals surface area contributed by atoms with Gasteiger partial charge in [0.2, 0.25) is 5.88 Å². The summed E-state index contributed by atoms with van der Waals surface area (Å²) in [5.41, 5.74) is 3.80. The van der Waals surface area contributed by atoms with Crippen molar-refractivity contribution in [1.29, 1.82) is 0 Å². The summed E-state index contributed by atoms with van der Waals surface area (Å²) in [6.45, 7) is 5.23. The zero-order chi connectivity index (χ0) is 28.4. The molecule has 0 spiro atoms. The molecule has 0 aliphatic heterocycles. The normalized spacial score (nSPS) is 12.6. The topological polar surface area (TPSA) is 138 Å². The van der Waals surface area contributed by atoms with Crippen LogP contribution in [0.3, 0.4) is 0 Å². The van der Waals surface area contributed by atoms with Crippen LogP contribution < -0.4 is 14.8 Å². The standard InChI is InChI=1S/C27H23FN6O5S/c1-13-5-17(25-20(6-13)33-24(37-4)11-31-25)26-34-19-7-18(28)21(8-22(19)40-26)38-14(2)15(3)39-27(36)32-16-9-29-23(12-35)30-10-16/h5-12,14-15H,1-4H3,(H,32,36)/t14-,15+/m0/s1. The molecule has 5 rings (SSSR count). The Hall–Kier alpha value is -4.78. The minimum atomic E-state index is -0.778. The summed E-state index contributed by atoms with van der Waals surface area (Å²) in [5.74, 6) is -0.200. The number of hydrogen-bond donors (Lipinski definition) is 1. The Morgan fingerprint density at radius 2 is 1.80 bits per heavy atom. The molecule has 2 aromatic carbocycles. The second-order valence-electron chi connectivity index (χ2n) is 8.87. The fourth-order valence-electron chi connectivity index (χ4n) is 3.82. The second-order valence-corrected chi connectivity index (χ2v) is 9.90. The summed E-state index contributed by atoms with van der Waals surface area (Å²) in [4.78, 5) is 44.1. The molecular formula is C27H23FN6O5S. The third-order valence-corrected chi connectivity index (χ3v) is 6.99. The van der Waals surface area contributed by atoms with Crippen LogP contribution in [0, 0.1) is 12.7 Å².